The van der Waals surface area contributed by atoms with E-state index in [0.29, 0.717) is 16.3 Å². The first kappa shape index (κ1) is 13.2. The normalized spacial score (nSPS) is 15.8. The second kappa shape index (κ2) is 5.40. The van der Waals surface area contributed by atoms with Gasteiger partial charge in [-0.15, -0.1) is 11.3 Å². The molecule has 3 aromatic heterocycles. The van der Waals surface area contributed by atoms with Gasteiger partial charge in [0, 0.05) is 13.1 Å². The molecule has 1 aliphatic heterocycles. The van der Waals surface area contributed by atoms with Gasteiger partial charge in [0.1, 0.15) is 0 Å². The Kier molecular flexibility index (Phi) is 3.40. The molecule has 1 saturated heterocycles. The van der Waals surface area contributed by atoms with Gasteiger partial charge in [-0.05, 0) is 39.5 Å². The average molecular weight is 366 g/mol. The lowest BCUT2D eigenvalue weighted by molar-refractivity contribution is 0.122. The molecular weight excluding hydrogens is 354 g/mol. The van der Waals surface area contributed by atoms with E-state index in [1.54, 1.807) is 11.3 Å². The first-order valence-electron chi connectivity index (χ1n) is 6.65. The Hall–Kier alpha value is -1.44. The van der Waals surface area contributed by atoms with Crippen molar-refractivity contribution in [2.75, 3.05) is 31.2 Å². The molecule has 0 unspecified atom stereocenters. The van der Waals surface area contributed by atoms with Crippen LogP contribution >= 0.6 is 27.3 Å². The highest BCUT2D eigenvalue weighted by atomic mass is 79.9. The van der Waals surface area contributed by atoms with Crippen LogP contribution in [0.25, 0.3) is 21.8 Å². The van der Waals surface area contributed by atoms with E-state index in [9.17, 15) is 0 Å². The summed E-state index contributed by atoms with van der Waals surface area (Å²) in [6, 6.07) is 5.75. The Bertz CT molecular complexity index is 779. The highest BCUT2D eigenvalue weighted by Gasteiger charge is 2.19. The van der Waals surface area contributed by atoms with E-state index in [1.807, 2.05) is 23.6 Å². The van der Waals surface area contributed by atoms with Crippen molar-refractivity contribution in [3.05, 3.63) is 28.2 Å². The Morgan fingerprint density at radius 2 is 2.00 bits per heavy atom. The summed E-state index contributed by atoms with van der Waals surface area (Å²) in [4.78, 5) is 11.6. The summed E-state index contributed by atoms with van der Waals surface area (Å²) < 4.78 is 12.8. The third kappa shape index (κ3) is 2.45. The number of morpholine rings is 1. The van der Waals surface area contributed by atoms with Crippen LogP contribution in [0.3, 0.4) is 0 Å². The van der Waals surface area contributed by atoms with E-state index in [2.05, 4.69) is 25.8 Å². The molecule has 21 heavy (non-hydrogen) atoms. The van der Waals surface area contributed by atoms with Crippen LogP contribution in [-0.2, 0) is 4.74 Å². The standard InChI is InChI=1S/C14H12BrN3O2S/c15-11-2-1-10(20-11)13-16-9-3-8-21-12(9)14(17-13)18-4-6-19-7-5-18/h1-3,8H,4-7H2. The van der Waals surface area contributed by atoms with Crippen molar-refractivity contribution in [2.45, 2.75) is 0 Å². The second-order valence-corrected chi connectivity index (χ2v) is 6.41. The van der Waals surface area contributed by atoms with Gasteiger partial charge in [0.2, 0.25) is 0 Å². The predicted molar refractivity (Wildman–Crippen MR) is 85.8 cm³/mol. The molecule has 0 saturated carbocycles. The number of anilines is 1. The molecule has 4 heterocycles. The highest BCUT2D eigenvalue weighted by Crippen LogP contribution is 2.32. The summed E-state index contributed by atoms with van der Waals surface area (Å²) in [6.07, 6.45) is 0. The number of ether oxygens (including phenoxy) is 1. The maximum Gasteiger partial charge on any atom is 0.198 e. The minimum Gasteiger partial charge on any atom is -0.446 e. The topological polar surface area (TPSA) is 51.4 Å². The zero-order chi connectivity index (χ0) is 14.2. The van der Waals surface area contributed by atoms with Gasteiger partial charge in [-0.3, -0.25) is 0 Å². The summed E-state index contributed by atoms with van der Waals surface area (Å²) in [5.41, 5.74) is 0.957. The number of hydrogen-bond acceptors (Lipinski definition) is 6. The second-order valence-electron chi connectivity index (χ2n) is 4.71. The molecule has 4 rings (SSSR count). The zero-order valence-corrected chi connectivity index (χ0v) is 13.5. The first-order chi connectivity index (χ1) is 10.3. The molecule has 0 atom stereocenters. The molecule has 0 aromatic carbocycles. The van der Waals surface area contributed by atoms with Crippen molar-refractivity contribution < 1.29 is 9.15 Å². The van der Waals surface area contributed by atoms with Gasteiger partial charge in [0.25, 0.3) is 0 Å². The zero-order valence-electron chi connectivity index (χ0n) is 11.1. The number of thiophene rings is 1. The van der Waals surface area contributed by atoms with Crippen LogP contribution in [0.5, 0.6) is 0 Å². The van der Waals surface area contributed by atoms with Crippen LogP contribution in [0, 0.1) is 0 Å². The van der Waals surface area contributed by atoms with E-state index in [1.165, 1.54) is 0 Å². The van der Waals surface area contributed by atoms with Crippen LogP contribution in [0.1, 0.15) is 0 Å². The van der Waals surface area contributed by atoms with Crippen molar-refractivity contribution in [3.8, 4) is 11.6 Å². The Labute approximate surface area is 133 Å². The van der Waals surface area contributed by atoms with E-state index in [-0.39, 0.29) is 0 Å². The third-order valence-corrected chi connectivity index (χ3v) is 4.72. The van der Waals surface area contributed by atoms with Crippen molar-refractivity contribution >= 4 is 43.3 Å². The Morgan fingerprint density at radius 1 is 1.14 bits per heavy atom. The fraction of sp³-hybridized carbons (Fsp3) is 0.286. The fourth-order valence-corrected chi connectivity index (χ4v) is 3.54. The summed E-state index contributed by atoms with van der Waals surface area (Å²) in [5.74, 6) is 2.26. The van der Waals surface area contributed by atoms with Crippen LogP contribution in [0.15, 0.2) is 32.7 Å². The molecule has 0 radical (unpaired) electrons. The largest absolute Gasteiger partial charge is 0.446 e. The van der Waals surface area contributed by atoms with E-state index in [0.717, 1.165) is 42.3 Å². The number of halogens is 1. The SMILES string of the molecule is Brc1ccc(-c2nc(N3CCOCC3)c3sccc3n2)o1. The molecule has 0 amide bonds. The van der Waals surface area contributed by atoms with Crippen LogP contribution in [-0.4, -0.2) is 36.3 Å². The first-order valence-corrected chi connectivity index (χ1v) is 8.32. The molecule has 5 nitrogen and oxygen atoms in total. The number of fused-ring (bicyclic) bond motifs is 1. The van der Waals surface area contributed by atoms with Crippen molar-refractivity contribution in [1.29, 1.82) is 0 Å². The molecule has 0 bridgehead atoms. The fourth-order valence-electron chi connectivity index (χ4n) is 2.38. The van der Waals surface area contributed by atoms with Crippen molar-refractivity contribution in [2.24, 2.45) is 0 Å². The minimum absolute atomic E-state index is 0.619. The molecule has 108 valence electrons. The van der Waals surface area contributed by atoms with Crippen LogP contribution < -0.4 is 4.90 Å². The molecule has 0 spiro atoms. The van der Waals surface area contributed by atoms with Gasteiger partial charge in [-0.1, -0.05) is 0 Å². The average Bonchev–Trinajstić information content (AvgIpc) is 3.15. The van der Waals surface area contributed by atoms with Crippen molar-refractivity contribution in [1.82, 2.24) is 9.97 Å². The number of nitrogens with zero attached hydrogens (tertiary/aromatic N) is 3. The molecular formula is C14H12BrN3O2S. The van der Waals surface area contributed by atoms with Crippen molar-refractivity contribution in [3.63, 3.8) is 0 Å². The Balaban J connectivity index is 1.85. The summed E-state index contributed by atoms with van der Waals surface area (Å²) >= 11 is 4.99. The third-order valence-electron chi connectivity index (χ3n) is 3.39. The van der Waals surface area contributed by atoms with Crippen LogP contribution in [0.2, 0.25) is 0 Å². The van der Waals surface area contributed by atoms with Gasteiger partial charge in [-0.2, -0.15) is 0 Å². The quantitative estimate of drug-likeness (QED) is 0.694. The summed E-state index contributed by atoms with van der Waals surface area (Å²) in [6.45, 7) is 3.17. The van der Waals surface area contributed by atoms with Crippen LogP contribution in [0.4, 0.5) is 5.82 Å². The van der Waals surface area contributed by atoms with Gasteiger partial charge >= 0.3 is 0 Å². The highest BCUT2D eigenvalue weighted by molar-refractivity contribution is 9.10. The monoisotopic (exact) mass is 365 g/mol. The molecule has 1 aliphatic rings. The van der Waals surface area contributed by atoms with E-state index >= 15 is 0 Å². The smallest absolute Gasteiger partial charge is 0.198 e. The number of aromatic nitrogens is 2. The molecule has 7 heteroatoms. The number of rotatable bonds is 2. The van der Waals surface area contributed by atoms with Gasteiger partial charge in [0.05, 0.1) is 23.4 Å². The lowest BCUT2D eigenvalue weighted by atomic mass is 10.3. The molecule has 0 aliphatic carbocycles. The lowest BCUT2D eigenvalue weighted by Gasteiger charge is -2.28. The summed E-state index contributed by atoms with van der Waals surface area (Å²) in [7, 11) is 0. The van der Waals surface area contributed by atoms with E-state index in [4.69, 9.17) is 14.1 Å². The lowest BCUT2D eigenvalue weighted by Crippen LogP contribution is -2.36. The molecule has 0 N–H and O–H groups in total. The van der Waals surface area contributed by atoms with Gasteiger partial charge < -0.3 is 14.1 Å². The Morgan fingerprint density at radius 3 is 2.76 bits per heavy atom. The molecule has 3 aromatic rings. The predicted octanol–water partition coefficient (Wildman–Crippen LogP) is 3.55. The van der Waals surface area contributed by atoms with Gasteiger partial charge in [-0.25, -0.2) is 9.97 Å². The maximum atomic E-state index is 5.59. The molecule has 1 fully saturated rings. The maximum absolute atomic E-state index is 5.59. The number of hydrogen-bond donors (Lipinski definition) is 0. The number of furan rings is 1. The van der Waals surface area contributed by atoms with E-state index < -0.39 is 0 Å². The van der Waals surface area contributed by atoms with Gasteiger partial charge in [0.15, 0.2) is 22.1 Å². The summed E-state index contributed by atoms with van der Waals surface area (Å²) in [5, 5.41) is 2.05. The minimum atomic E-state index is 0.619.